The molecule has 0 aliphatic rings. The average molecular weight is 336 g/mol. The quantitative estimate of drug-likeness (QED) is 0.733. The second-order valence-electron chi connectivity index (χ2n) is 5.69. The molecule has 2 aromatic carbocycles. The minimum atomic E-state index is -0.364. The molecule has 0 fully saturated rings. The topological polar surface area (TPSA) is 42.3 Å². The van der Waals surface area contributed by atoms with Crippen LogP contribution in [0.3, 0.4) is 0 Å². The highest BCUT2D eigenvalue weighted by Gasteiger charge is 2.20. The summed E-state index contributed by atoms with van der Waals surface area (Å²) in [6, 6.07) is 18.3. The van der Waals surface area contributed by atoms with Gasteiger partial charge in [-0.15, -0.1) is 0 Å². The van der Waals surface area contributed by atoms with Gasteiger partial charge < -0.3 is 9.47 Å². The van der Waals surface area contributed by atoms with Gasteiger partial charge in [-0.3, -0.25) is 9.59 Å². The Bertz CT molecular complexity index is 951. The molecule has 1 heterocycles. The molecule has 0 radical (unpaired) electrons. The van der Waals surface area contributed by atoms with E-state index in [2.05, 4.69) is 0 Å². The Kier molecular flexibility index (Phi) is 4.75. The summed E-state index contributed by atoms with van der Waals surface area (Å²) in [6.07, 6.45) is 1.49. The van der Waals surface area contributed by atoms with Crippen LogP contribution in [0.4, 0.5) is 10.1 Å². The number of carbonyl (C=O) groups excluding carboxylic acids is 1. The molecule has 3 aromatic rings. The Morgan fingerprint density at radius 3 is 2.36 bits per heavy atom. The summed E-state index contributed by atoms with van der Waals surface area (Å²) in [5, 5.41) is 0. The van der Waals surface area contributed by atoms with Crippen molar-refractivity contribution in [2.45, 2.75) is 6.54 Å². The third-order valence-corrected chi connectivity index (χ3v) is 3.93. The van der Waals surface area contributed by atoms with Gasteiger partial charge in [0.15, 0.2) is 0 Å². The zero-order valence-electron chi connectivity index (χ0n) is 13.7. The first-order valence-electron chi connectivity index (χ1n) is 7.83. The number of amides is 1. The average Bonchev–Trinajstić information content (AvgIpc) is 2.63. The van der Waals surface area contributed by atoms with Crippen LogP contribution in [0.2, 0.25) is 0 Å². The molecular weight excluding hydrogens is 319 g/mol. The number of halogens is 1. The number of anilines is 1. The molecule has 0 spiro atoms. The standard InChI is InChI=1S/C20H17FN2O2/c1-22-13-16(11-12-19(22)24)20(25)23(17-8-3-2-4-9-17)14-15-7-5-6-10-18(15)21/h2-13H,14H2,1H3. The first-order chi connectivity index (χ1) is 12.1. The molecule has 1 aromatic heterocycles. The zero-order valence-corrected chi connectivity index (χ0v) is 13.7. The molecule has 0 saturated heterocycles. The highest BCUT2D eigenvalue weighted by Crippen LogP contribution is 2.21. The Morgan fingerprint density at radius 2 is 1.68 bits per heavy atom. The minimum absolute atomic E-state index is 0.0956. The molecule has 0 aliphatic carbocycles. The number of para-hydroxylation sites is 1. The van der Waals surface area contributed by atoms with Gasteiger partial charge in [0.1, 0.15) is 5.82 Å². The van der Waals surface area contributed by atoms with E-state index < -0.39 is 0 Å². The van der Waals surface area contributed by atoms with Crippen molar-refractivity contribution in [2.24, 2.45) is 7.05 Å². The van der Waals surface area contributed by atoms with Crippen molar-refractivity contribution >= 4 is 11.6 Å². The lowest BCUT2D eigenvalue weighted by Gasteiger charge is -2.23. The first-order valence-corrected chi connectivity index (χ1v) is 7.83. The number of carbonyl (C=O) groups is 1. The fraction of sp³-hybridized carbons (Fsp3) is 0.100. The number of rotatable bonds is 4. The number of benzene rings is 2. The molecule has 25 heavy (non-hydrogen) atoms. The van der Waals surface area contributed by atoms with E-state index >= 15 is 0 Å². The van der Waals surface area contributed by atoms with Gasteiger partial charge >= 0.3 is 0 Å². The van der Waals surface area contributed by atoms with Gasteiger partial charge in [-0.1, -0.05) is 36.4 Å². The van der Waals surface area contributed by atoms with Crippen LogP contribution in [-0.2, 0) is 13.6 Å². The maximum absolute atomic E-state index is 14.1. The maximum atomic E-state index is 14.1. The van der Waals surface area contributed by atoms with Crippen molar-refractivity contribution < 1.29 is 9.18 Å². The molecule has 0 saturated carbocycles. The van der Waals surface area contributed by atoms with E-state index in [9.17, 15) is 14.0 Å². The van der Waals surface area contributed by atoms with Gasteiger partial charge in [-0.05, 0) is 24.3 Å². The van der Waals surface area contributed by atoms with Crippen LogP contribution in [0.25, 0.3) is 0 Å². The van der Waals surface area contributed by atoms with Crippen LogP contribution in [0.1, 0.15) is 15.9 Å². The second kappa shape index (κ2) is 7.13. The molecule has 0 aliphatic heterocycles. The summed E-state index contributed by atoms with van der Waals surface area (Å²) in [6.45, 7) is 0.0956. The van der Waals surface area contributed by atoms with Crippen molar-refractivity contribution in [1.82, 2.24) is 4.57 Å². The normalized spacial score (nSPS) is 10.5. The molecule has 4 nitrogen and oxygen atoms in total. The third kappa shape index (κ3) is 3.66. The van der Waals surface area contributed by atoms with Gasteiger partial charge in [0.05, 0.1) is 12.1 Å². The number of hydrogen-bond acceptors (Lipinski definition) is 2. The minimum Gasteiger partial charge on any atom is -0.318 e. The number of aromatic nitrogens is 1. The van der Waals surface area contributed by atoms with E-state index in [0.717, 1.165) is 0 Å². The lowest BCUT2D eigenvalue weighted by atomic mass is 10.1. The smallest absolute Gasteiger partial charge is 0.260 e. The van der Waals surface area contributed by atoms with Crippen LogP contribution in [0, 0.1) is 5.82 Å². The van der Waals surface area contributed by atoms with Crippen molar-refractivity contribution in [3.8, 4) is 0 Å². The van der Waals surface area contributed by atoms with Gasteiger partial charge in [0.2, 0.25) is 5.56 Å². The summed E-state index contributed by atoms with van der Waals surface area (Å²) in [4.78, 5) is 26.1. The lowest BCUT2D eigenvalue weighted by Crippen LogP contribution is -2.32. The number of nitrogens with zero attached hydrogens (tertiary/aromatic N) is 2. The molecule has 0 unspecified atom stereocenters. The van der Waals surface area contributed by atoms with Crippen LogP contribution in [0.15, 0.2) is 77.7 Å². The van der Waals surface area contributed by atoms with Crippen molar-refractivity contribution in [1.29, 1.82) is 0 Å². The molecule has 3 rings (SSSR count). The fourth-order valence-corrected chi connectivity index (χ4v) is 2.56. The molecular formula is C20H17FN2O2. The van der Waals surface area contributed by atoms with E-state index in [-0.39, 0.29) is 23.8 Å². The third-order valence-electron chi connectivity index (χ3n) is 3.93. The highest BCUT2D eigenvalue weighted by molar-refractivity contribution is 6.05. The van der Waals surface area contributed by atoms with E-state index in [1.807, 2.05) is 18.2 Å². The number of pyridine rings is 1. The highest BCUT2D eigenvalue weighted by atomic mass is 19.1. The molecule has 0 bridgehead atoms. The SMILES string of the molecule is Cn1cc(C(=O)N(Cc2ccccc2F)c2ccccc2)ccc1=O. The first kappa shape index (κ1) is 16.6. The molecule has 0 N–H and O–H groups in total. The Balaban J connectivity index is 2.01. The van der Waals surface area contributed by atoms with Crippen LogP contribution in [0.5, 0.6) is 0 Å². The number of aryl methyl sites for hydroxylation is 1. The van der Waals surface area contributed by atoms with Gasteiger partial charge in [0.25, 0.3) is 5.91 Å². The predicted octanol–water partition coefficient (Wildman–Crippen LogP) is 3.37. The van der Waals surface area contributed by atoms with E-state index in [1.54, 1.807) is 37.4 Å². The number of hydrogen-bond donors (Lipinski definition) is 0. The lowest BCUT2D eigenvalue weighted by molar-refractivity contribution is 0.0984. The van der Waals surface area contributed by atoms with E-state index in [1.165, 1.54) is 33.9 Å². The van der Waals surface area contributed by atoms with Crippen LogP contribution < -0.4 is 10.5 Å². The molecule has 1 amide bonds. The van der Waals surface area contributed by atoms with Crippen LogP contribution >= 0.6 is 0 Å². The van der Waals surface area contributed by atoms with Crippen molar-refractivity contribution in [3.05, 3.63) is 100 Å². The summed E-state index contributed by atoms with van der Waals surface area (Å²) in [7, 11) is 1.59. The van der Waals surface area contributed by atoms with Crippen molar-refractivity contribution in [2.75, 3.05) is 4.90 Å². The van der Waals surface area contributed by atoms with Gasteiger partial charge in [-0.25, -0.2) is 4.39 Å². The summed E-state index contributed by atoms with van der Waals surface area (Å²) in [5.74, 6) is -0.665. The fourth-order valence-electron chi connectivity index (χ4n) is 2.56. The maximum Gasteiger partial charge on any atom is 0.260 e. The summed E-state index contributed by atoms with van der Waals surface area (Å²) >= 11 is 0. The van der Waals surface area contributed by atoms with Gasteiger partial charge in [-0.2, -0.15) is 0 Å². The summed E-state index contributed by atoms with van der Waals surface area (Å²) in [5.41, 5.74) is 1.24. The zero-order chi connectivity index (χ0) is 17.8. The van der Waals surface area contributed by atoms with Gasteiger partial charge in [0, 0.05) is 30.6 Å². The summed E-state index contributed by atoms with van der Waals surface area (Å²) < 4.78 is 15.4. The van der Waals surface area contributed by atoms with Crippen molar-refractivity contribution in [3.63, 3.8) is 0 Å². The Labute approximate surface area is 144 Å². The van der Waals surface area contributed by atoms with E-state index in [4.69, 9.17) is 0 Å². The molecule has 0 atom stereocenters. The molecule has 5 heteroatoms. The second-order valence-corrected chi connectivity index (χ2v) is 5.69. The predicted molar refractivity (Wildman–Crippen MR) is 95.0 cm³/mol. The Morgan fingerprint density at radius 1 is 1.00 bits per heavy atom. The monoisotopic (exact) mass is 336 g/mol. The Hall–Kier alpha value is -3.21. The van der Waals surface area contributed by atoms with Crippen LogP contribution in [-0.4, -0.2) is 10.5 Å². The largest absolute Gasteiger partial charge is 0.318 e. The van der Waals surface area contributed by atoms with E-state index in [0.29, 0.717) is 16.8 Å². The molecule has 126 valence electrons.